The highest BCUT2D eigenvalue weighted by molar-refractivity contribution is 5.96. The first-order chi connectivity index (χ1) is 23.3. The minimum absolute atomic E-state index is 0.0323. The van der Waals surface area contributed by atoms with Crippen molar-refractivity contribution >= 4 is 30.0 Å². The summed E-state index contributed by atoms with van der Waals surface area (Å²) in [4.78, 5) is 69.5. The normalized spacial score (nSPS) is 28.5. The Bertz CT molecular complexity index is 1490. The lowest BCUT2D eigenvalue weighted by molar-refractivity contribution is -0.145. The van der Waals surface area contributed by atoms with Gasteiger partial charge >= 0.3 is 18.2 Å². The van der Waals surface area contributed by atoms with Crippen LogP contribution in [-0.2, 0) is 36.9 Å². The third kappa shape index (κ3) is 7.73. The molecule has 0 radical (unpaired) electrons. The Morgan fingerprint density at radius 2 is 1.71 bits per heavy atom. The third-order valence-corrected chi connectivity index (χ3v) is 9.63. The van der Waals surface area contributed by atoms with Gasteiger partial charge in [0.15, 0.2) is 11.5 Å². The maximum atomic E-state index is 14.2. The molecule has 0 spiro atoms. The number of benzene rings is 1. The molecular formula is C35H46N4O10. The van der Waals surface area contributed by atoms with Crippen LogP contribution in [0.3, 0.4) is 0 Å². The number of nitrogens with zero attached hydrogens (tertiary/aromatic N) is 2. The molecule has 1 aliphatic carbocycles. The monoisotopic (exact) mass is 682 g/mol. The van der Waals surface area contributed by atoms with Crippen LogP contribution in [0.15, 0.2) is 24.3 Å². The molecule has 1 aromatic carbocycles. The van der Waals surface area contributed by atoms with E-state index in [0.29, 0.717) is 50.6 Å². The van der Waals surface area contributed by atoms with Crippen molar-refractivity contribution < 1.29 is 48.0 Å². The molecule has 5 aliphatic rings. The topological polar surface area (TPSA) is 173 Å². The number of hydrogen-bond donors (Lipinski definition) is 3. The number of allylic oxidation sites excluding steroid dienone is 1. The summed E-state index contributed by atoms with van der Waals surface area (Å²) in [5.74, 6) is -1.42. The smallest absolute Gasteiger partial charge is 0.410 e. The summed E-state index contributed by atoms with van der Waals surface area (Å²) < 4.78 is 23.0. The second kappa shape index (κ2) is 13.8. The van der Waals surface area contributed by atoms with Crippen molar-refractivity contribution in [1.29, 1.82) is 0 Å². The van der Waals surface area contributed by atoms with Gasteiger partial charge in [0.25, 0.3) is 0 Å². The van der Waals surface area contributed by atoms with E-state index in [0.717, 1.165) is 36.8 Å². The highest BCUT2D eigenvalue weighted by Crippen LogP contribution is 2.45. The number of aliphatic carboxylic acids is 1. The maximum Gasteiger partial charge on any atom is 0.410 e. The van der Waals surface area contributed by atoms with Crippen LogP contribution in [-0.4, -0.2) is 94.0 Å². The highest BCUT2D eigenvalue weighted by atomic mass is 16.6. The van der Waals surface area contributed by atoms with Crippen molar-refractivity contribution in [2.75, 3.05) is 19.8 Å². The van der Waals surface area contributed by atoms with Crippen LogP contribution < -0.4 is 20.1 Å². The molecule has 3 N–H and O–H groups in total. The largest absolute Gasteiger partial charge is 0.490 e. The first kappa shape index (κ1) is 34.4. The predicted octanol–water partition coefficient (Wildman–Crippen LogP) is 3.64. The lowest BCUT2D eigenvalue weighted by atomic mass is 10.0. The Balaban J connectivity index is 1.20. The number of rotatable bonds is 3. The molecule has 4 heterocycles. The second-order valence-electron chi connectivity index (χ2n) is 14.6. The third-order valence-electron chi connectivity index (χ3n) is 9.63. The summed E-state index contributed by atoms with van der Waals surface area (Å²) in [6.45, 7) is 6.73. The Hall–Kier alpha value is -4.49. The standard InChI is InChI=1S/C35H46N4O10/c1-34(2,3)49-32(44)36-25-11-8-6-4-5-7-10-23-17-35(23,31(42)43)37-29(40)26-16-24(20-39(26)30(25)41)48-33(45)38-18-21-14-27-28(15-22(21)19-38)47-13-9-12-46-27/h7,10,14-15,23-26H,4-6,8-9,11-13,16-20H2,1-3H3,(H,36,44)(H,37,40)(H,42,43). The van der Waals surface area contributed by atoms with E-state index in [-0.39, 0.29) is 25.3 Å². The number of carboxylic acid groups (broad SMARTS) is 1. The van der Waals surface area contributed by atoms with Gasteiger partial charge in [0.05, 0.1) is 19.8 Å². The van der Waals surface area contributed by atoms with Gasteiger partial charge in [0.1, 0.15) is 29.3 Å². The minimum atomic E-state index is -1.47. The van der Waals surface area contributed by atoms with E-state index in [4.69, 9.17) is 18.9 Å². The van der Waals surface area contributed by atoms with Crippen molar-refractivity contribution in [3.8, 4) is 11.5 Å². The van der Waals surface area contributed by atoms with Crippen LogP contribution in [0.2, 0.25) is 0 Å². The van der Waals surface area contributed by atoms with Crippen molar-refractivity contribution in [3.05, 3.63) is 35.4 Å². The van der Waals surface area contributed by atoms with Crippen LogP contribution >= 0.6 is 0 Å². The molecule has 1 saturated carbocycles. The van der Waals surface area contributed by atoms with E-state index in [1.165, 1.54) is 9.80 Å². The number of carboxylic acids is 1. The van der Waals surface area contributed by atoms with Gasteiger partial charge in [0.2, 0.25) is 11.8 Å². The first-order valence-corrected chi connectivity index (χ1v) is 17.2. The second-order valence-corrected chi connectivity index (χ2v) is 14.6. The average molecular weight is 683 g/mol. The molecule has 0 bridgehead atoms. The van der Waals surface area contributed by atoms with E-state index < -0.39 is 59.3 Å². The van der Waals surface area contributed by atoms with Gasteiger partial charge in [-0.05, 0) is 69.7 Å². The molecular weight excluding hydrogens is 636 g/mol. The summed E-state index contributed by atoms with van der Waals surface area (Å²) in [5, 5.41) is 15.5. The summed E-state index contributed by atoms with van der Waals surface area (Å²) in [6, 6.07) is 1.64. The number of amides is 4. The fourth-order valence-corrected chi connectivity index (χ4v) is 7.00. The summed E-state index contributed by atoms with van der Waals surface area (Å²) in [6.07, 6.45) is 5.80. The molecule has 14 heteroatoms. The Kier molecular flexibility index (Phi) is 9.67. The minimum Gasteiger partial charge on any atom is -0.490 e. The van der Waals surface area contributed by atoms with E-state index in [9.17, 15) is 29.1 Å². The Morgan fingerprint density at radius 3 is 2.37 bits per heavy atom. The quantitative estimate of drug-likeness (QED) is 0.400. The van der Waals surface area contributed by atoms with E-state index >= 15 is 0 Å². The Labute approximate surface area is 285 Å². The summed E-state index contributed by atoms with van der Waals surface area (Å²) in [7, 11) is 0. The van der Waals surface area contributed by atoms with Crippen LogP contribution in [0.4, 0.5) is 9.59 Å². The van der Waals surface area contributed by atoms with Gasteiger partial charge in [0, 0.05) is 31.8 Å². The van der Waals surface area contributed by atoms with Gasteiger partial charge in [-0.25, -0.2) is 14.4 Å². The van der Waals surface area contributed by atoms with Crippen LogP contribution in [0.1, 0.15) is 83.3 Å². The van der Waals surface area contributed by atoms with Gasteiger partial charge in [-0.15, -0.1) is 0 Å². The number of carbonyl (C=O) groups excluding carboxylic acids is 4. The molecule has 49 heavy (non-hydrogen) atoms. The van der Waals surface area contributed by atoms with Gasteiger partial charge in [-0.2, -0.15) is 0 Å². The van der Waals surface area contributed by atoms with Crippen LogP contribution in [0.25, 0.3) is 0 Å². The zero-order chi connectivity index (χ0) is 34.9. The first-order valence-electron chi connectivity index (χ1n) is 17.2. The molecule has 6 rings (SSSR count). The molecule has 266 valence electrons. The van der Waals surface area contributed by atoms with Crippen molar-refractivity contribution in [2.45, 2.75) is 115 Å². The maximum absolute atomic E-state index is 14.2. The number of alkyl carbamates (subject to hydrolysis) is 1. The van der Waals surface area contributed by atoms with Crippen molar-refractivity contribution in [2.24, 2.45) is 5.92 Å². The summed E-state index contributed by atoms with van der Waals surface area (Å²) >= 11 is 0. The number of ether oxygens (including phenoxy) is 4. The van der Waals surface area contributed by atoms with Crippen molar-refractivity contribution in [1.82, 2.24) is 20.4 Å². The molecule has 14 nitrogen and oxygen atoms in total. The van der Waals surface area contributed by atoms with Crippen molar-refractivity contribution in [3.63, 3.8) is 0 Å². The number of nitrogens with one attached hydrogen (secondary N) is 2. The molecule has 0 aromatic heterocycles. The molecule has 4 amide bonds. The highest BCUT2D eigenvalue weighted by Gasteiger charge is 2.61. The van der Waals surface area contributed by atoms with E-state index in [1.807, 2.05) is 24.3 Å². The molecule has 1 saturated heterocycles. The lowest BCUT2D eigenvalue weighted by Crippen LogP contribution is -2.56. The molecule has 1 aromatic rings. The predicted molar refractivity (Wildman–Crippen MR) is 174 cm³/mol. The van der Waals surface area contributed by atoms with E-state index in [1.54, 1.807) is 20.8 Å². The number of hydrogen-bond acceptors (Lipinski definition) is 9. The van der Waals surface area contributed by atoms with Gasteiger partial charge in [-0.3, -0.25) is 14.5 Å². The molecule has 5 unspecified atom stereocenters. The molecule has 4 aliphatic heterocycles. The summed E-state index contributed by atoms with van der Waals surface area (Å²) in [5.41, 5.74) is -0.442. The zero-order valence-electron chi connectivity index (χ0n) is 28.3. The van der Waals surface area contributed by atoms with Crippen LogP contribution in [0, 0.1) is 5.92 Å². The number of fused-ring (bicyclic) bond motifs is 4. The Morgan fingerprint density at radius 1 is 1.02 bits per heavy atom. The number of carbonyl (C=O) groups is 5. The fourth-order valence-electron chi connectivity index (χ4n) is 7.00. The SMILES string of the molecule is CC(C)(C)OC(=O)NC1CCCCCC=CC2CC2(C(=O)O)NC(=O)C2CC(OC(=O)N3Cc4cc5c(cc4C3)OCCCO5)CN2C1=O. The average Bonchev–Trinajstić information content (AvgIpc) is 3.42. The lowest BCUT2D eigenvalue weighted by Gasteiger charge is -2.30. The fraction of sp³-hybridized carbons (Fsp3) is 0.629. The van der Waals surface area contributed by atoms with E-state index in [2.05, 4.69) is 10.6 Å². The van der Waals surface area contributed by atoms with Gasteiger partial charge < -0.3 is 39.6 Å². The molecule has 5 atom stereocenters. The zero-order valence-corrected chi connectivity index (χ0v) is 28.3. The van der Waals surface area contributed by atoms with Gasteiger partial charge in [-0.1, -0.05) is 25.0 Å². The molecule has 2 fully saturated rings. The van der Waals surface area contributed by atoms with Crippen LogP contribution in [0.5, 0.6) is 11.5 Å².